The lowest BCUT2D eigenvalue weighted by Crippen LogP contribution is -2.41. The van der Waals surface area contributed by atoms with Gasteiger partial charge in [0, 0.05) is 43.5 Å². The van der Waals surface area contributed by atoms with E-state index >= 15 is 0 Å². The van der Waals surface area contributed by atoms with Crippen LogP contribution in [0.5, 0.6) is 0 Å². The van der Waals surface area contributed by atoms with E-state index in [1.807, 2.05) is 36.4 Å². The lowest BCUT2D eigenvalue weighted by atomic mass is 10.1. The Labute approximate surface area is 217 Å². The Kier molecular flexibility index (Phi) is 8.18. The number of hydrogen-bond acceptors (Lipinski definition) is 6. The number of rotatable bonds is 8. The molecule has 1 aromatic heterocycles. The van der Waals surface area contributed by atoms with Crippen LogP contribution in [0, 0.1) is 11.3 Å². The summed E-state index contributed by atoms with van der Waals surface area (Å²) in [5, 5.41) is 14.6. The van der Waals surface area contributed by atoms with E-state index in [0.29, 0.717) is 56.2 Å². The van der Waals surface area contributed by atoms with Gasteiger partial charge in [-0.05, 0) is 30.3 Å². The maximum Gasteiger partial charge on any atom is 0.264 e. The Balaban J connectivity index is 1.82. The third kappa shape index (κ3) is 5.64. The molecular weight excluding hydrogens is 490 g/mol. The molecule has 0 radical (unpaired) electrons. The fourth-order valence-corrected chi connectivity index (χ4v) is 5.69. The summed E-state index contributed by atoms with van der Waals surface area (Å²) >= 11 is 0. The van der Waals surface area contributed by atoms with Crippen molar-refractivity contribution in [2.45, 2.75) is 18.7 Å². The largest absolute Gasteiger partial charge is 0.378 e. The van der Waals surface area contributed by atoms with Crippen molar-refractivity contribution in [3.8, 4) is 23.0 Å². The molecule has 1 aliphatic heterocycles. The maximum atomic E-state index is 13.2. The minimum absolute atomic E-state index is 0.0253. The lowest BCUT2D eigenvalue weighted by molar-refractivity contribution is -0.130. The second-order valence-electron chi connectivity index (χ2n) is 8.40. The van der Waals surface area contributed by atoms with Crippen molar-refractivity contribution in [2.24, 2.45) is 0 Å². The first-order valence-electron chi connectivity index (χ1n) is 12.1. The summed E-state index contributed by atoms with van der Waals surface area (Å²) < 4.78 is 34.7. The molecule has 1 saturated heterocycles. The number of aromatic nitrogens is 2. The van der Waals surface area contributed by atoms with Gasteiger partial charge in [0.1, 0.15) is 17.3 Å². The van der Waals surface area contributed by atoms with Crippen LogP contribution in [0.1, 0.15) is 19.4 Å². The molecule has 9 nitrogen and oxygen atoms in total. The van der Waals surface area contributed by atoms with Gasteiger partial charge < -0.3 is 9.64 Å². The zero-order chi connectivity index (χ0) is 26.4. The molecular formula is C27H29N5O4S. The first kappa shape index (κ1) is 26.3. The maximum absolute atomic E-state index is 13.2. The molecule has 10 heteroatoms. The molecule has 1 aliphatic rings. The van der Waals surface area contributed by atoms with E-state index in [1.165, 1.54) is 10.4 Å². The topological polar surface area (TPSA) is 109 Å². The van der Waals surface area contributed by atoms with E-state index in [9.17, 15) is 18.5 Å². The molecule has 2 aromatic carbocycles. The number of ether oxygens (including phenoxy) is 1. The highest BCUT2D eigenvalue weighted by Crippen LogP contribution is 2.29. The van der Waals surface area contributed by atoms with Gasteiger partial charge >= 0.3 is 0 Å². The highest BCUT2D eigenvalue weighted by molar-refractivity contribution is 7.89. The summed E-state index contributed by atoms with van der Waals surface area (Å²) in [6.07, 6.45) is 3.26. The number of carbonyl (C=O) groups excluding carboxylic acids is 1. The fourth-order valence-electron chi connectivity index (χ4n) is 4.18. The molecule has 192 valence electrons. The predicted octanol–water partition coefficient (Wildman–Crippen LogP) is 3.34. The van der Waals surface area contributed by atoms with Crippen LogP contribution in [0.15, 0.2) is 71.3 Å². The molecule has 0 N–H and O–H groups in total. The van der Waals surface area contributed by atoms with Crippen LogP contribution in [0.25, 0.3) is 23.0 Å². The summed E-state index contributed by atoms with van der Waals surface area (Å²) in [6.45, 7) is 5.99. The number of amides is 1. The van der Waals surface area contributed by atoms with E-state index in [2.05, 4.69) is 0 Å². The molecule has 0 unspecified atom stereocenters. The number of nitrogens with zero attached hydrogens (tertiary/aromatic N) is 5. The monoisotopic (exact) mass is 519 g/mol. The first-order chi connectivity index (χ1) is 17.9. The molecule has 0 saturated carbocycles. The summed E-state index contributed by atoms with van der Waals surface area (Å²) in [7, 11) is -3.69. The first-order valence-corrected chi connectivity index (χ1v) is 13.6. The van der Waals surface area contributed by atoms with Crippen LogP contribution < -0.4 is 0 Å². The SMILES string of the molecule is CCN(CC)S(=O)(=O)c1cccc(-c2nn(-c3ccccc3)cc2C=C(C#N)C(=O)N2CCOCC2)c1. The van der Waals surface area contributed by atoms with Crippen molar-refractivity contribution in [3.05, 3.63) is 71.9 Å². The van der Waals surface area contributed by atoms with E-state index in [-0.39, 0.29) is 16.4 Å². The third-order valence-electron chi connectivity index (χ3n) is 6.16. The average molecular weight is 520 g/mol. The summed E-state index contributed by atoms with van der Waals surface area (Å²) in [5.74, 6) is -0.373. The molecule has 0 atom stereocenters. The van der Waals surface area contributed by atoms with Crippen LogP contribution >= 0.6 is 0 Å². The van der Waals surface area contributed by atoms with Gasteiger partial charge in [0.25, 0.3) is 5.91 Å². The van der Waals surface area contributed by atoms with E-state index in [4.69, 9.17) is 9.84 Å². The zero-order valence-corrected chi connectivity index (χ0v) is 21.7. The van der Waals surface area contributed by atoms with E-state index in [0.717, 1.165) is 5.69 Å². The van der Waals surface area contributed by atoms with Crippen molar-refractivity contribution in [1.29, 1.82) is 5.26 Å². The van der Waals surface area contributed by atoms with Crippen LogP contribution in [0.2, 0.25) is 0 Å². The number of nitriles is 1. The van der Waals surface area contributed by atoms with Crippen molar-refractivity contribution < 1.29 is 17.9 Å². The number of para-hydroxylation sites is 1. The number of carbonyl (C=O) groups is 1. The van der Waals surface area contributed by atoms with Crippen molar-refractivity contribution in [1.82, 2.24) is 19.0 Å². The molecule has 0 spiro atoms. The highest BCUT2D eigenvalue weighted by atomic mass is 32.2. The molecule has 0 aliphatic carbocycles. The number of benzene rings is 2. The average Bonchev–Trinajstić information content (AvgIpc) is 3.37. The second kappa shape index (κ2) is 11.5. The summed E-state index contributed by atoms with van der Waals surface area (Å²) in [5.41, 5.74) is 2.31. The van der Waals surface area contributed by atoms with E-state index in [1.54, 1.807) is 53.9 Å². The smallest absolute Gasteiger partial charge is 0.264 e. The Hall–Kier alpha value is -3.78. The Bertz CT molecular complexity index is 1430. The predicted molar refractivity (Wildman–Crippen MR) is 140 cm³/mol. The minimum atomic E-state index is -3.69. The quantitative estimate of drug-likeness (QED) is 0.334. The van der Waals surface area contributed by atoms with Crippen LogP contribution in [-0.2, 0) is 19.6 Å². The fraction of sp³-hybridized carbons (Fsp3) is 0.296. The number of morpholine rings is 1. The Morgan fingerprint density at radius 2 is 1.81 bits per heavy atom. The van der Waals surface area contributed by atoms with Gasteiger partial charge in [0.2, 0.25) is 10.0 Å². The van der Waals surface area contributed by atoms with Crippen LogP contribution in [0.3, 0.4) is 0 Å². The number of sulfonamides is 1. The normalized spacial score (nSPS) is 14.5. The minimum Gasteiger partial charge on any atom is -0.378 e. The van der Waals surface area contributed by atoms with Gasteiger partial charge in [-0.15, -0.1) is 0 Å². The highest BCUT2D eigenvalue weighted by Gasteiger charge is 2.24. The number of hydrogen-bond donors (Lipinski definition) is 0. The van der Waals surface area contributed by atoms with Gasteiger partial charge in [0.05, 0.1) is 23.8 Å². The van der Waals surface area contributed by atoms with Crippen molar-refractivity contribution in [3.63, 3.8) is 0 Å². The molecule has 0 bridgehead atoms. The molecule has 2 heterocycles. The van der Waals surface area contributed by atoms with Gasteiger partial charge in [-0.1, -0.05) is 44.2 Å². The molecule has 1 fully saturated rings. The van der Waals surface area contributed by atoms with Gasteiger partial charge in [0.15, 0.2) is 0 Å². The van der Waals surface area contributed by atoms with Gasteiger partial charge in [-0.3, -0.25) is 4.79 Å². The second-order valence-corrected chi connectivity index (χ2v) is 10.3. The lowest BCUT2D eigenvalue weighted by Gasteiger charge is -2.26. The standard InChI is InChI=1S/C27H29N5O4S/c1-3-31(4-2)37(34,35)25-12-8-9-21(18-25)26-23(20-32(29-26)24-10-6-5-7-11-24)17-22(19-28)27(33)30-13-15-36-16-14-30/h5-12,17-18,20H,3-4,13-16H2,1-2H3. The molecule has 37 heavy (non-hydrogen) atoms. The molecule has 4 rings (SSSR count). The Morgan fingerprint density at radius 1 is 1.11 bits per heavy atom. The van der Waals surface area contributed by atoms with Crippen molar-refractivity contribution >= 4 is 22.0 Å². The molecule has 3 aromatic rings. The van der Waals surface area contributed by atoms with Crippen LogP contribution in [0.4, 0.5) is 0 Å². The van der Waals surface area contributed by atoms with E-state index < -0.39 is 10.0 Å². The van der Waals surface area contributed by atoms with Crippen molar-refractivity contribution in [2.75, 3.05) is 39.4 Å². The summed E-state index contributed by atoms with van der Waals surface area (Å²) in [6, 6.07) is 18.0. The van der Waals surface area contributed by atoms with Gasteiger partial charge in [-0.25, -0.2) is 13.1 Å². The zero-order valence-electron chi connectivity index (χ0n) is 20.9. The molecule has 1 amide bonds. The third-order valence-corrected chi connectivity index (χ3v) is 8.21. The van der Waals surface area contributed by atoms with Crippen LogP contribution in [-0.4, -0.2) is 72.7 Å². The Morgan fingerprint density at radius 3 is 2.46 bits per heavy atom. The van der Waals surface area contributed by atoms with Gasteiger partial charge in [-0.2, -0.15) is 14.7 Å². The summed E-state index contributed by atoms with van der Waals surface area (Å²) in [4.78, 5) is 14.8.